The van der Waals surface area contributed by atoms with E-state index >= 15 is 0 Å². The van der Waals surface area contributed by atoms with Crippen LogP contribution in [0.3, 0.4) is 0 Å². The molecule has 0 aromatic heterocycles. The minimum Gasteiger partial charge on any atom is -0.488 e. The van der Waals surface area contributed by atoms with E-state index in [1.54, 1.807) is 18.2 Å². The smallest absolute Gasteiger partial charge is 0.335 e. The van der Waals surface area contributed by atoms with Crippen LogP contribution in [-0.4, -0.2) is 91.5 Å². The van der Waals surface area contributed by atoms with E-state index < -0.39 is 52.9 Å². The fourth-order valence-electron chi connectivity index (χ4n) is 8.21. The highest BCUT2D eigenvalue weighted by molar-refractivity contribution is 7.86. The molecule has 0 saturated carbocycles. The van der Waals surface area contributed by atoms with Gasteiger partial charge in [-0.3, -0.25) is 13.7 Å². The van der Waals surface area contributed by atoms with Crippen molar-refractivity contribution in [3.63, 3.8) is 0 Å². The van der Waals surface area contributed by atoms with E-state index in [1.165, 1.54) is 24.3 Å². The Hall–Kier alpha value is -4.91. The largest absolute Gasteiger partial charge is 0.488 e. The fourth-order valence-corrected chi connectivity index (χ4v) is 9.85. The number of allylic oxidation sites excluding steroid dienone is 5. The van der Waals surface area contributed by atoms with Gasteiger partial charge in [-0.15, -0.1) is 0 Å². The number of rotatable bonds is 16. The molecule has 3 aromatic carbocycles. The van der Waals surface area contributed by atoms with E-state index in [4.69, 9.17) is 4.74 Å². The third-order valence-electron chi connectivity index (χ3n) is 11.2. The molecule has 0 spiro atoms. The van der Waals surface area contributed by atoms with Gasteiger partial charge in [-0.2, -0.15) is 29.8 Å². The van der Waals surface area contributed by atoms with Crippen LogP contribution in [-0.2, 0) is 45.9 Å². The molecule has 0 saturated heterocycles. The molecule has 3 aliphatic heterocycles. The second kappa shape index (κ2) is 16.9. The second-order valence-corrected chi connectivity index (χ2v) is 20.6. The number of ether oxygens (including phenoxy) is 1. The van der Waals surface area contributed by atoms with Gasteiger partial charge in [-0.1, -0.05) is 50.3 Å². The maximum atomic E-state index is 12.2. The Labute approximate surface area is 351 Å². The highest BCUT2D eigenvalue weighted by Crippen LogP contribution is 2.49. The van der Waals surface area contributed by atoms with Gasteiger partial charge in [0.1, 0.15) is 18.9 Å². The first-order valence-electron chi connectivity index (χ1n) is 19.3. The Balaban J connectivity index is 1.44. The van der Waals surface area contributed by atoms with Gasteiger partial charge in [0.15, 0.2) is 5.71 Å². The number of para-hydroxylation sites is 1. The highest BCUT2D eigenvalue weighted by atomic mass is 32.2. The summed E-state index contributed by atoms with van der Waals surface area (Å²) in [4.78, 5) is 13.5. The average molecular weight is 882 g/mol. The lowest BCUT2D eigenvalue weighted by molar-refractivity contribution is -0.438. The molecule has 3 aliphatic rings. The summed E-state index contributed by atoms with van der Waals surface area (Å²) in [5, 5.41) is 9.64. The number of aromatic carboxylic acids is 1. The number of benzene rings is 3. The van der Waals surface area contributed by atoms with Crippen molar-refractivity contribution in [1.29, 1.82) is 0 Å². The Morgan fingerprint density at radius 3 is 2.07 bits per heavy atom. The van der Waals surface area contributed by atoms with Gasteiger partial charge in [-0.05, 0) is 86.7 Å². The summed E-state index contributed by atoms with van der Waals surface area (Å²) in [7, 11) is -12.8. The van der Waals surface area contributed by atoms with E-state index in [2.05, 4.69) is 24.5 Å². The van der Waals surface area contributed by atoms with Gasteiger partial charge in [0.05, 0.1) is 27.4 Å². The molecule has 6 rings (SSSR count). The van der Waals surface area contributed by atoms with Crippen LogP contribution < -0.4 is 4.90 Å². The first kappa shape index (κ1) is 44.6. The van der Waals surface area contributed by atoms with Crippen molar-refractivity contribution in [1.82, 2.24) is 0 Å². The molecule has 4 N–H and O–H groups in total. The molecule has 60 heavy (non-hydrogen) atoms. The fraction of sp³-hybridized carbons (Fsp3) is 0.349. The molecule has 0 radical (unpaired) electrons. The third-order valence-corrected chi connectivity index (χ3v) is 13.7. The predicted molar refractivity (Wildman–Crippen MR) is 229 cm³/mol. The topological polar surface area (TPSA) is 216 Å². The van der Waals surface area contributed by atoms with E-state index in [9.17, 15) is 48.8 Å². The number of carbonyl (C=O) groups is 1. The summed E-state index contributed by atoms with van der Waals surface area (Å²) in [5.41, 5.74) is 6.06. The molecule has 320 valence electrons. The zero-order valence-electron chi connectivity index (χ0n) is 33.7. The van der Waals surface area contributed by atoms with Crippen molar-refractivity contribution < 1.29 is 58.1 Å². The monoisotopic (exact) mass is 881 g/mol. The quantitative estimate of drug-likeness (QED) is 0.0652. The van der Waals surface area contributed by atoms with Gasteiger partial charge < -0.3 is 14.7 Å². The zero-order chi connectivity index (χ0) is 43.8. The highest BCUT2D eigenvalue weighted by Gasteiger charge is 2.44. The summed E-state index contributed by atoms with van der Waals surface area (Å²) in [6, 6.07) is 18.8. The van der Waals surface area contributed by atoms with Gasteiger partial charge in [0.2, 0.25) is 5.69 Å². The summed E-state index contributed by atoms with van der Waals surface area (Å²) >= 11 is 0. The van der Waals surface area contributed by atoms with Gasteiger partial charge in [0.25, 0.3) is 30.4 Å². The van der Waals surface area contributed by atoms with E-state index in [0.717, 1.165) is 28.2 Å². The molecule has 3 heterocycles. The predicted octanol–water partition coefficient (Wildman–Crippen LogP) is 6.95. The standard InChI is InChI=1S/C43H48N2O12S3/c1-42(2)33-11-5-6-12-35(33)44(23-7-9-25-58(48,49)50)39(42)22-20-37-40(29-13-15-30(16-14-29)41(46)47)31(28-57-37)17-21-38-43(3,4)34-27-32(60(54,55)56)18-19-36(34)45(38)24-8-10-26-59(51,52)53/h5-6,11-22,27H,7-10,23-26,28H2,1-4H3,(H3-,46,47,48,49,50,51,52,53,54,55,56)/p+1. The van der Waals surface area contributed by atoms with Crippen LogP contribution in [0.2, 0.25) is 0 Å². The number of nitrogens with zero attached hydrogens (tertiary/aromatic N) is 2. The number of hydrogen-bond donors (Lipinski definition) is 4. The van der Waals surface area contributed by atoms with E-state index in [0.29, 0.717) is 54.1 Å². The molecular formula is C43H49N2O12S3+. The molecule has 0 bridgehead atoms. The van der Waals surface area contributed by atoms with Crippen LogP contribution in [0.4, 0.5) is 11.4 Å². The van der Waals surface area contributed by atoms with Crippen molar-refractivity contribution in [2.24, 2.45) is 0 Å². The lowest BCUT2D eigenvalue weighted by Gasteiger charge is -2.27. The SMILES string of the molecule is CC1(C)C(/C=C/C2=C(c3ccc(C(=O)O)cc3)C(=C/C=C3/N(CCCCS(=O)(=O)O)c4ccc(S(=O)(=O)O)cc4C3(C)C)/CO2)=[N+](CCCCS(=O)(=O)O)c2ccccc21. The molecule has 14 nitrogen and oxygen atoms in total. The van der Waals surface area contributed by atoms with Crippen molar-refractivity contribution in [3.8, 4) is 0 Å². The molecular weight excluding hydrogens is 833 g/mol. The molecule has 0 amide bonds. The lowest BCUT2D eigenvalue weighted by Crippen LogP contribution is -2.28. The number of carboxylic acid groups (broad SMARTS) is 1. The van der Waals surface area contributed by atoms with Crippen molar-refractivity contribution in [3.05, 3.63) is 130 Å². The number of anilines is 1. The van der Waals surface area contributed by atoms with Crippen molar-refractivity contribution in [2.45, 2.75) is 69.1 Å². The van der Waals surface area contributed by atoms with Gasteiger partial charge in [-0.25, -0.2) is 4.79 Å². The molecule has 17 heteroatoms. The first-order chi connectivity index (χ1) is 28.0. The van der Waals surface area contributed by atoms with Crippen LogP contribution in [0, 0.1) is 0 Å². The minimum atomic E-state index is -4.52. The number of hydrogen-bond acceptors (Lipinski definition) is 9. The van der Waals surface area contributed by atoms with Crippen LogP contribution in [0.15, 0.2) is 113 Å². The molecule has 0 unspecified atom stereocenters. The summed E-state index contributed by atoms with van der Waals surface area (Å²) in [6.07, 6.45) is 8.95. The maximum absolute atomic E-state index is 12.2. The number of unbranched alkanes of at least 4 members (excludes halogenated alkanes) is 2. The van der Waals surface area contributed by atoms with Gasteiger partial charge >= 0.3 is 5.97 Å². The summed E-state index contributed by atoms with van der Waals surface area (Å²) < 4.78 is 107. The minimum absolute atomic E-state index is 0.105. The Morgan fingerprint density at radius 2 is 1.43 bits per heavy atom. The van der Waals surface area contributed by atoms with Gasteiger partial charge in [0, 0.05) is 58.6 Å². The second-order valence-electron chi connectivity index (χ2n) is 16.1. The Morgan fingerprint density at radius 1 is 0.783 bits per heavy atom. The molecule has 3 aromatic rings. The number of carboxylic acids is 1. The number of fused-ring (bicyclic) bond motifs is 2. The van der Waals surface area contributed by atoms with Crippen LogP contribution in [0.5, 0.6) is 0 Å². The molecule has 0 atom stereocenters. The summed E-state index contributed by atoms with van der Waals surface area (Å²) in [6.45, 7) is 9.00. The van der Waals surface area contributed by atoms with Crippen LogP contribution >= 0.6 is 0 Å². The first-order valence-corrected chi connectivity index (χ1v) is 24.0. The van der Waals surface area contributed by atoms with Crippen molar-refractivity contribution >= 4 is 59.0 Å². The van der Waals surface area contributed by atoms with Crippen molar-refractivity contribution in [2.75, 3.05) is 36.1 Å². The Kier molecular flexibility index (Phi) is 12.5. The van der Waals surface area contributed by atoms with Crippen LogP contribution in [0.25, 0.3) is 5.57 Å². The Bertz CT molecular complexity index is 2710. The molecule has 0 fully saturated rings. The van der Waals surface area contributed by atoms with Crippen LogP contribution in [0.1, 0.15) is 80.4 Å². The zero-order valence-corrected chi connectivity index (χ0v) is 36.1. The average Bonchev–Trinajstić information content (AvgIpc) is 3.73. The molecule has 0 aliphatic carbocycles. The van der Waals surface area contributed by atoms with E-state index in [1.807, 2.05) is 61.3 Å². The normalized spacial score (nSPS) is 18.8. The summed E-state index contributed by atoms with van der Waals surface area (Å²) in [5.74, 6) is -1.32. The lowest BCUT2D eigenvalue weighted by atomic mass is 9.81. The van der Waals surface area contributed by atoms with E-state index in [-0.39, 0.29) is 35.7 Å². The third kappa shape index (κ3) is 9.66. The maximum Gasteiger partial charge on any atom is 0.335 e.